The summed E-state index contributed by atoms with van der Waals surface area (Å²) in [5.74, 6) is -1.65. The molecule has 104 valence electrons. The molecule has 2 spiro atoms. The van der Waals surface area contributed by atoms with Gasteiger partial charge in [-0.2, -0.15) is 19.6 Å². The zero-order chi connectivity index (χ0) is 12.6. The van der Waals surface area contributed by atoms with Crippen LogP contribution in [0.4, 0.5) is 0 Å². The van der Waals surface area contributed by atoms with Gasteiger partial charge in [-0.05, 0) is 25.7 Å². The summed E-state index contributed by atoms with van der Waals surface area (Å²) in [5.41, 5.74) is 0. The number of aliphatic hydroxyl groups excluding tert-OH is 1. The molecule has 1 heterocycles. The van der Waals surface area contributed by atoms with E-state index in [1.165, 1.54) is 6.42 Å². The summed E-state index contributed by atoms with van der Waals surface area (Å²) in [7, 11) is 0. The predicted molar refractivity (Wildman–Crippen MR) is 61.9 cm³/mol. The first-order valence-electron chi connectivity index (χ1n) is 7.09. The summed E-state index contributed by atoms with van der Waals surface area (Å²) in [4.78, 5) is 22.1. The minimum absolute atomic E-state index is 0.240. The van der Waals surface area contributed by atoms with Gasteiger partial charge in [0.25, 0.3) is 5.79 Å². The van der Waals surface area contributed by atoms with Gasteiger partial charge in [0.2, 0.25) is 5.79 Å². The number of hydrogen-bond donors (Lipinski definition) is 1. The van der Waals surface area contributed by atoms with Crippen molar-refractivity contribution >= 4 is 0 Å². The van der Waals surface area contributed by atoms with Crippen LogP contribution < -0.4 is 0 Å². The van der Waals surface area contributed by atoms with Crippen molar-refractivity contribution in [3.8, 4) is 0 Å². The van der Waals surface area contributed by atoms with Gasteiger partial charge in [0.1, 0.15) is 6.10 Å². The van der Waals surface area contributed by atoms with Crippen molar-refractivity contribution in [1.29, 1.82) is 0 Å². The summed E-state index contributed by atoms with van der Waals surface area (Å²) in [6, 6.07) is 0. The van der Waals surface area contributed by atoms with Gasteiger partial charge in [-0.15, -0.1) is 0 Å². The van der Waals surface area contributed by atoms with Crippen LogP contribution in [0.15, 0.2) is 0 Å². The van der Waals surface area contributed by atoms with Crippen LogP contribution in [-0.4, -0.2) is 22.8 Å². The topological polar surface area (TPSA) is 57.2 Å². The van der Waals surface area contributed by atoms with E-state index in [9.17, 15) is 5.11 Å². The molecule has 5 heteroatoms. The first-order valence-corrected chi connectivity index (χ1v) is 7.09. The predicted octanol–water partition coefficient (Wildman–Crippen LogP) is 2.43. The van der Waals surface area contributed by atoms with E-state index in [0.29, 0.717) is 12.8 Å². The highest BCUT2D eigenvalue weighted by atomic mass is 17.4. The first kappa shape index (κ1) is 12.8. The lowest BCUT2D eigenvalue weighted by Gasteiger charge is -2.49. The van der Waals surface area contributed by atoms with E-state index in [0.717, 1.165) is 32.1 Å². The highest BCUT2D eigenvalue weighted by Crippen LogP contribution is 2.46. The average Bonchev–Trinajstić information content (AvgIpc) is 2.40. The standard InChI is InChI=1S/C13H22O5/c1-10-6-2-4-8-12(10)15-17-13(18-16-12)9-5-3-7-11(13)14/h10-11,14H,2-9H2,1H3. The van der Waals surface area contributed by atoms with Crippen LogP contribution in [0, 0.1) is 5.92 Å². The molecule has 0 aromatic rings. The molecule has 0 aromatic carbocycles. The molecule has 18 heavy (non-hydrogen) atoms. The van der Waals surface area contributed by atoms with Crippen molar-refractivity contribution in [1.82, 2.24) is 0 Å². The van der Waals surface area contributed by atoms with E-state index in [4.69, 9.17) is 19.6 Å². The first-order chi connectivity index (χ1) is 8.67. The Bertz CT molecular complexity index is 268. The molecule has 3 rings (SSSR count). The minimum Gasteiger partial charge on any atom is -0.387 e. The van der Waals surface area contributed by atoms with Gasteiger partial charge in [-0.25, -0.2) is 0 Å². The maximum Gasteiger partial charge on any atom is 0.259 e. The molecule has 2 atom stereocenters. The van der Waals surface area contributed by atoms with Gasteiger partial charge in [-0.1, -0.05) is 19.8 Å². The highest BCUT2D eigenvalue weighted by molar-refractivity contribution is 4.86. The second-order valence-electron chi connectivity index (χ2n) is 5.87. The SMILES string of the molecule is CC1CCCCC12OOC1(CCCCC1O)OO2. The van der Waals surface area contributed by atoms with Gasteiger partial charge in [0.05, 0.1) is 0 Å². The Labute approximate surface area is 107 Å². The van der Waals surface area contributed by atoms with Crippen molar-refractivity contribution in [2.45, 2.75) is 76.0 Å². The molecule has 5 nitrogen and oxygen atoms in total. The highest BCUT2D eigenvalue weighted by Gasteiger charge is 2.55. The van der Waals surface area contributed by atoms with Gasteiger partial charge >= 0.3 is 0 Å². The van der Waals surface area contributed by atoms with Crippen molar-refractivity contribution in [2.75, 3.05) is 0 Å². The molecule has 0 aromatic heterocycles. The van der Waals surface area contributed by atoms with Gasteiger partial charge in [0.15, 0.2) is 0 Å². The number of hydrogen-bond acceptors (Lipinski definition) is 5. The van der Waals surface area contributed by atoms with Crippen LogP contribution in [-0.2, 0) is 19.6 Å². The molecular formula is C13H22O5. The molecule has 2 aliphatic carbocycles. The molecule has 1 saturated heterocycles. The van der Waals surface area contributed by atoms with Crippen LogP contribution in [0.5, 0.6) is 0 Å². The maximum absolute atomic E-state index is 10.0. The fourth-order valence-corrected chi connectivity index (χ4v) is 3.14. The van der Waals surface area contributed by atoms with E-state index >= 15 is 0 Å². The van der Waals surface area contributed by atoms with E-state index < -0.39 is 17.7 Å². The van der Waals surface area contributed by atoms with Gasteiger partial charge in [-0.3, -0.25) is 0 Å². The monoisotopic (exact) mass is 258 g/mol. The number of rotatable bonds is 0. The summed E-state index contributed by atoms with van der Waals surface area (Å²) in [6.45, 7) is 2.08. The molecule has 0 amide bonds. The lowest BCUT2D eigenvalue weighted by Crippen LogP contribution is -2.59. The Balaban J connectivity index is 1.69. The molecule has 2 unspecified atom stereocenters. The fourth-order valence-electron chi connectivity index (χ4n) is 3.14. The Kier molecular flexibility index (Phi) is 3.36. The number of aliphatic hydroxyl groups is 1. The zero-order valence-electron chi connectivity index (χ0n) is 10.9. The van der Waals surface area contributed by atoms with Gasteiger partial charge < -0.3 is 5.11 Å². The Morgan fingerprint density at radius 1 is 0.833 bits per heavy atom. The summed E-state index contributed by atoms with van der Waals surface area (Å²) < 4.78 is 0. The third-order valence-electron chi connectivity index (χ3n) is 4.57. The lowest BCUT2D eigenvalue weighted by molar-refractivity contribution is -0.675. The van der Waals surface area contributed by atoms with Crippen molar-refractivity contribution in [3.05, 3.63) is 0 Å². The maximum atomic E-state index is 10.0. The van der Waals surface area contributed by atoms with Crippen LogP contribution in [0.1, 0.15) is 58.3 Å². The minimum atomic E-state index is -1.11. The summed E-state index contributed by atoms with van der Waals surface area (Å²) in [5, 5.41) is 10.0. The second-order valence-corrected chi connectivity index (χ2v) is 5.87. The van der Waals surface area contributed by atoms with E-state index in [-0.39, 0.29) is 5.92 Å². The van der Waals surface area contributed by atoms with Crippen LogP contribution in [0.2, 0.25) is 0 Å². The quantitative estimate of drug-likeness (QED) is 0.676. The average molecular weight is 258 g/mol. The summed E-state index contributed by atoms with van der Waals surface area (Å²) >= 11 is 0. The molecule has 1 aliphatic heterocycles. The lowest BCUT2D eigenvalue weighted by atomic mass is 9.84. The summed E-state index contributed by atoms with van der Waals surface area (Å²) in [6.07, 6.45) is 6.58. The van der Waals surface area contributed by atoms with Crippen molar-refractivity contribution in [3.63, 3.8) is 0 Å². The molecule has 3 fully saturated rings. The van der Waals surface area contributed by atoms with Gasteiger partial charge in [0, 0.05) is 18.8 Å². The Hall–Kier alpha value is -0.200. The van der Waals surface area contributed by atoms with E-state index in [2.05, 4.69) is 6.92 Å². The van der Waals surface area contributed by atoms with Crippen molar-refractivity contribution < 1.29 is 24.7 Å². The molecule has 0 radical (unpaired) electrons. The molecule has 2 saturated carbocycles. The van der Waals surface area contributed by atoms with Crippen LogP contribution >= 0.6 is 0 Å². The van der Waals surface area contributed by atoms with Crippen LogP contribution in [0.3, 0.4) is 0 Å². The smallest absolute Gasteiger partial charge is 0.259 e. The molecule has 3 aliphatic rings. The zero-order valence-corrected chi connectivity index (χ0v) is 10.9. The van der Waals surface area contributed by atoms with Crippen molar-refractivity contribution in [2.24, 2.45) is 5.92 Å². The molecular weight excluding hydrogens is 236 g/mol. The van der Waals surface area contributed by atoms with Crippen LogP contribution in [0.25, 0.3) is 0 Å². The van der Waals surface area contributed by atoms with E-state index in [1.807, 2.05) is 0 Å². The molecule has 1 N–H and O–H groups in total. The Morgan fingerprint density at radius 3 is 2.00 bits per heavy atom. The normalized spacial score (nSPS) is 49.7. The second kappa shape index (κ2) is 4.72. The third-order valence-corrected chi connectivity index (χ3v) is 4.57. The van der Waals surface area contributed by atoms with E-state index in [1.54, 1.807) is 0 Å². The third kappa shape index (κ3) is 1.98. The fraction of sp³-hybridized carbons (Fsp3) is 1.00. The largest absolute Gasteiger partial charge is 0.387 e. The molecule has 0 bridgehead atoms. The Morgan fingerprint density at radius 2 is 1.39 bits per heavy atom.